The highest BCUT2D eigenvalue weighted by Crippen LogP contribution is 2.19. The second-order valence-electron chi connectivity index (χ2n) is 4.15. The Hall–Kier alpha value is -2.27. The molecule has 0 heterocycles. The predicted molar refractivity (Wildman–Crippen MR) is 77.7 cm³/mol. The topological polar surface area (TPSA) is 70.6 Å². The quantitative estimate of drug-likeness (QED) is 0.351. The third kappa shape index (κ3) is 3.39. The number of nitrogens with two attached hydrogens (primary N) is 1. The van der Waals surface area contributed by atoms with Crippen LogP contribution in [0.5, 0.6) is 0 Å². The number of rotatable bonds is 4. The Morgan fingerprint density at radius 1 is 1.30 bits per heavy atom. The van der Waals surface area contributed by atoms with Crippen LogP contribution in [0.2, 0.25) is 5.02 Å². The smallest absolute Gasteiger partial charge is 0.170 e. The number of nitrogens with one attached hydrogen (secondary N) is 1. The fourth-order valence-electron chi connectivity index (χ4n) is 1.83. The second kappa shape index (κ2) is 6.25. The molecule has 0 aliphatic carbocycles. The molecule has 0 aliphatic rings. The summed E-state index contributed by atoms with van der Waals surface area (Å²) in [5.74, 6) is -0.385. The summed E-state index contributed by atoms with van der Waals surface area (Å²) in [6, 6.07) is 11.4. The lowest BCUT2D eigenvalue weighted by Crippen LogP contribution is -2.16. The fraction of sp³-hybridized carbons (Fsp3) is 0.0714. The van der Waals surface area contributed by atoms with E-state index in [2.05, 4.69) is 10.5 Å². The summed E-state index contributed by atoms with van der Waals surface area (Å²) >= 11 is 5.78. The molecular formula is C14H13ClFN3O. The van der Waals surface area contributed by atoms with Gasteiger partial charge in [0, 0.05) is 22.8 Å². The summed E-state index contributed by atoms with van der Waals surface area (Å²) in [5.41, 5.74) is 7.60. The van der Waals surface area contributed by atoms with Crippen molar-refractivity contribution in [1.29, 1.82) is 0 Å². The number of nitrogens with zero attached hydrogens (tertiary/aromatic N) is 1. The number of anilines is 1. The van der Waals surface area contributed by atoms with Crippen molar-refractivity contribution < 1.29 is 9.60 Å². The van der Waals surface area contributed by atoms with Crippen molar-refractivity contribution in [2.75, 3.05) is 5.32 Å². The molecule has 2 aromatic rings. The van der Waals surface area contributed by atoms with Gasteiger partial charge in [0.2, 0.25) is 0 Å². The largest absolute Gasteiger partial charge is 0.409 e. The summed E-state index contributed by atoms with van der Waals surface area (Å²) in [7, 11) is 0. The van der Waals surface area contributed by atoms with E-state index in [0.717, 1.165) is 5.56 Å². The van der Waals surface area contributed by atoms with Crippen LogP contribution >= 0.6 is 11.6 Å². The van der Waals surface area contributed by atoms with Gasteiger partial charge in [-0.1, -0.05) is 41.0 Å². The molecule has 6 heteroatoms. The third-order valence-electron chi connectivity index (χ3n) is 2.75. The van der Waals surface area contributed by atoms with E-state index in [0.29, 0.717) is 22.8 Å². The number of benzene rings is 2. The SMILES string of the molecule is N/C(=N/O)c1ccccc1CNc1cc(F)cc(Cl)c1. The van der Waals surface area contributed by atoms with E-state index in [1.807, 2.05) is 12.1 Å². The van der Waals surface area contributed by atoms with Gasteiger partial charge in [-0.2, -0.15) is 0 Å². The van der Waals surface area contributed by atoms with E-state index in [9.17, 15) is 4.39 Å². The molecule has 4 nitrogen and oxygen atoms in total. The van der Waals surface area contributed by atoms with E-state index in [1.54, 1.807) is 18.2 Å². The molecule has 0 radical (unpaired) electrons. The number of halogens is 2. The molecule has 0 unspecified atom stereocenters. The highest BCUT2D eigenvalue weighted by atomic mass is 35.5. The first-order chi connectivity index (χ1) is 9.60. The van der Waals surface area contributed by atoms with Crippen LogP contribution in [-0.2, 0) is 6.54 Å². The van der Waals surface area contributed by atoms with Crippen LogP contribution in [0.15, 0.2) is 47.6 Å². The molecule has 20 heavy (non-hydrogen) atoms. The van der Waals surface area contributed by atoms with Gasteiger partial charge in [0.05, 0.1) is 0 Å². The number of hydrogen-bond acceptors (Lipinski definition) is 3. The summed E-state index contributed by atoms with van der Waals surface area (Å²) in [4.78, 5) is 0. The van der Waals surface area contributed by atoms with E-state index in [-0.39, 0.29) is 5.84 Å². The first-order valence-electron chi connectivity index (χ1n) is 5.86. The maximum absolute atomic E-state index is 13.2. The lowest BCUT2D eigenvalue weighted by molar-refractivity contribution is 0.318. The Labute approximate surface area is 120 Å². The first-order valence-corrected chi connectivity index (χ1v) is 6.23. The zero-order chi connectivity index (χ0) is 14.5. The van der Waals surface area contributed by atoms with Crippen LogP contribution < -0.4 is 11.1 Å². The molecule has 4 N–H and O–H groups in total. The molecule has 0 atom stereocenters. The van der Waals surface area contributed by atoms with Crippen molar-refractivity contribution in [3.8, 4) is 0 Å². The van der Waals surface area contributed by atoms with Gasteiger partial charge in [-0.3, -0.25) is 0 Å². The Morgan fingerprint density at radius 3 is 2.75 bits per heavy atom. The van der Waals surface area contributed by atoms with Gasteiger partial charge in [-0.15, -0.1) is 0 Å². The van der Waals surface area contributed by atoms with Crippen molar-refractivity contribution in [2.24, 2.45) is 10.9 Å². The van der Waals surface area contributed by atoms with Gasteiger partial charge >= 0.3 is 0 Å². The predicted octanol–water partition coefficient (Wildman–Crippen LogP) is 3.19. The first kappa shape index (κ1) is 14.1. The average Bonchev–Trinajstić information content (AvgIpc) is 2.43. The molecular weight excluding hydrogens is 281 g/mol. The van der Waals surface area contributed by atoms with E-state index < -0.39 is 5.82 Å². The molecule has 0 aliphatic heterocycles. The second-order valence-corrected chi connectivity index (χ2v) is 4.59. The Bertz CT molecular complexity index is 626. The van der Waals surface area contributed by atoms with E-state index in [1.165, 1.54) is 12.1 Å². The molecule has 0 aromatic heterocycles. The van der Waals surface area contributed by atoms with Crippen LogP contribution in [0.4, 0.5) is 10.1 Å². The van der Waals surface area contributed by atoms with Crippen LogP contribution in [0.3, 0.4) is 0 Å². The average molecular weight is 294 g/mol. The van der Waals surface area contributed by atoms with Gasteiger partial charge in [-0.05, 0) is 23.8 Å². The molecule has 0 fully saturated rings. The van der Waals surface area contributed by atoms with Crippen LogP contribution in [-0.4, -0.2) is 11.0 Å². The van der Waals surface area contributed by atoms with Gasteiger partial charge in [0.1, 0.15) is 5.82 Å². The highest BCUT2D eigenvalue weighted by Gasteiger charge is 2.06. The molecule has 0 amide bonds. The van der Waals surface area contributed by atoms with Crippen molar-refractivity contribution in [3.05, 3.63) is 64.4 Å². The number of oxime groups is 1. The number of amidine groups is 1. The maximum atomic E-state index is 13.2. The van der Waals surface area contributed by atoms with Crippen LogP contribution in [0.1, 0.15) is 11.1 Å². The minimum atomic E-state index is -0.412. The third-order valence-corrected chi connectivity index (χ3v) is 2.96. The van der Waals surface area contributed by atoms with Gasteiger partial charge in [0.15, 0.2) is 5.84 Å². The fourth-order valence-corrected chi connectivity index (χ4v) is 2.05. The minimum absolute atomic E-state index is 0.0275. The summed E-state index contributed by atoms with van der Waals surface area (Å²) in [6.45, 7) is 0.395. The molecule has 2 rings (SSSR count). The summed E-state index contributed by atoms with van der Waals surface area (Å²) in [6.07, 6.45) is 0. The Kier molecular flexibility index (Phi) is 4.42. The van der Waals surface area contributed by atoms with Gasteiger partial charge < -0.3 is 16.3 Å². The van der Waals surface area contributed by atoms with E-state index in [4.69, 9.17) is 22.5 Å². The lowest BCUT2D eigenvalue weighted by atomic mass is 10.1. The van der Waals surface area contributed by atoms with Gasteiger partial charge in [0.25, 0.3) is 0 Å². The minimum Gasteiger partial charge on any atom is -0.409 e. The molecule has 0 bridgehead atoms. The Morgan fingerprint density at radius 2 is 2.05 bits per heavy atom. The standard InChI is InChI=1S/C14H13ClFN3O/c15-10-5-11(16)7-12(6-10)18-8-9-3-1-2-4-13(9)14(17)19-20/h1-7,18,20H,8H2,(H2,17,19). The lowest BCUT2D eigenvalue weighted by Gasteiger charge is -2.11. The maximum Gasteiger partial charge on any atom is 0.170 e. The van der Waals surface area contributed by atoms with Crippen LogP contribution in [0, 0.1) is 5.82 Å². The summed E-state index contributed by atoms with van der Waals surface area (Å²) in [5, 5.41) is 15.1. The van der Waals surface area contributed by atoms with Crippen molar-refractivity contribution in [3.63, 3.8) is 0 Å². The molecule has 2 aromatic carbocycles. The molecule has 0 spiro atoms. The van der Waals surface area contributed by atoms with Crippen molar-refractivity contribution in [2.45, 2.75) is 6.54 Å². The van der Waals surface area contributed by atoms with Crippen molar-refractivity contribution >= 4 is 23.1 Å². The highest BCUT2D eigenvalue weighted by molar-refractivity contribution is 6.30. The molecule has 0 saturated carbocycles. The molecule has 104 valence electrons. The molecule has 0 saturated heterocycles. The zero-order valence-corrected chi connectivity index (χ0v) is 11.2. The normalized spacial score (nSPS) is 11.4. The van der Waals surface area contributed by atoms with Crippen molar-refractivity contribution in [1.82, 2.24) is 0 Å². The van der Waals surface area contributed by atoms with Crippen LogP contribution in [0.25, 0.3) is 0 Å². The number of hydrogen-bond donors (Lipinski definition) is 3. The van der Waals surface area contributed by atoms with E-state index >= 15 is 0 Å². The summed E-state index contributed by atoms with van der Waals surface area (Å²) < 4.78 is 13.2. The van der Waals surface area contributed by atoms with Gasteiger partial charge in [-0.25, -0.2) is 4.39 Å². The monoisotopic (exact) mass is 293 g/mol. The zero-order valence-electron chi connectivity index (χ0n) is 10.5. The Balaban J connectivity index is 2.19.